The Labute approximate surface area is 54.3 Å². The van der Waals surface area contributed by atoms with Gasteiger partial charge in [0, 0.05) is 13.1 Å². The maximum absolute atomic E-state index is 10.6. The molecule has 3 nitrogen and oxygen atoms in total. The molecule has 0 aromatic heterocycles. The first-order valence-electron chi connectivity index (χ1n) is 3.12. The smallest absolute Gasteiger partial charge is 0.248 e. The van der Waals surface area contributed by atoms with E-state index in [0.717, 1.165) is 13.1 Å². The molecule has 1 N–H and O–H groups in total. The topological polar surface area (TPSA) is 40.5 Å². The first kappa shape index (κ1) is 6.55. The molecular weight excluding hydrogens is 118 g/mol. The summed E-state index contributed by atoms with van der Waals surface area (Å²) in [7, 11) is 0. The van der Waals surface area contributed by atoms with Crippen molar-refractivity contribution in [2.24, 2.45) is 5.92 Å². The molecule has 0 bridgehead atoms. The Morgan fingerprint density at radius 2 is 2.33 bits per heavy atom. The lowest BCUT2D eigenvalue weighted by Crippen LogP contribution is -2.49. The van der Waals surface area contributed by atoms with Gasteiger partial charge in [0.2, 0.25) is 5.91 Å². The van der Waals surface area contributed by atoms with Gasteiger partial charge in [0.05, 0.1) is 0 Å². The van der Waals surface area contributed by atoms with Crippen molar-refractivity contribution in [3.63, 3.8) is 0 Å². The molecule has 0 aliphatic carbocycles. The molecule has 0 aromatic carbocycles. The minimum Gasteiger partial charge on any atom is -0.387 e. The fourth-order valence-corrected chi connectivity index (χ4v) is 1.00. The number of carbonyl (C=O) groups is 1. The minimum atomic E-state index is -0.341. The normalized spacial score (nSPS) is 19.6. The first-order chi connectivity index (χ1) is 4.24. The summed E-state index contributed by atoms with van der Waals surface area (Å²) in [6.07, 6.45) is 0. The van der Waals surface area contributed by atoms with E-state index in [-0.39, 0.29) is 12.5 Å². The van der Waals surface area contributed by atoms with E-state index >= 15 is 0 Å². The number of amides is 1. The van der Waals surface area contributed by atoms with Crippen LogP contribution in [-0.4, -0.2) is 35.6 Å². The first-order valence-corrected chi connectivity index (χ1v) is 3.12. The lowest BCUT2D eigenvalue weighted by atomic mass is 10.0. The Balaban J connectivity index is 2.23. The highest BCUT2D eigenvalue weighted by Gasteiger charge is 2.25. The van der Waals surface area contributed by atoms with Gasteiger partial charge in [-0.15, -0.1) is 0 Å². The van der Waals surface area contributed by atoms with Crippen LogP contribution in [0, 0.1) is 5.92 Å². The Kier molecular flexibility index (Phi) is 1.71. The van der Waals surface area contributed by atoms with Gasteiger partial charge in [-0.2, -0.15) is 0 Å². The standard InChI is InChI=1S/C6H11NO2/c1-5-2-7(3-5)6(9)4-8/h5,8H,2-4H2,1H3. The second-order valence-electron chi connectivity index (χ2n) is 2.56. The van der Waals surface area contributed by atoms with Gasteiger partial charge in [-0.3, -0.25) is 4.79 Å². The van der Waals surface area contributed by atoms with Crippen molar-refractivity contribution in [1.29, 1.82) is 0 Å². The quantitative estimate of drug-likeness (QED) is 0.516. The highest BCUT2D eigenvalue weighted by molar-refractivity contribution is 5.77. The van der Waals surface area contributed by atoms with Gasteiger partial charge < -0.3 is 10.0 Å². The molecule has 0 radical (unpaired) electrons. The van der Waals surface area contributed by atoms with Crippen molar-refractivity contribution < 1.29 is 9.90 Å². The fourth-order valence-electron chi connectivity index (χ4n) is 1.00. The molecule has 3 heteroatoms. The summed E-state index contributed by atoms with van der Waals surface area (Å²) in [5.74, 6) is 0.480. The summed E-state index contributed by atoms with van der Waals surface area (Å²) in [6, 6.07) is 0. The third-order valence-electron chi connectivity index (χ3n) is 1.55. The zero-order valence-corrected chi connectivity index (χ0v) is 5.50. The van der Waals surface area contributed by atoms with E-state index in [0.29, 0.717) is 5.92 Å². The second kappa shape index (κ2) is 2.35. The third kappa shape index (κ3) is 1.21. The lowest BCUT2D eigenvalue weighted by Gasteiger charge is -2.36. The highest BCUT2D eigenvalue weighted by atomic mass is 16.3. The van der Waals surface area contributed by atoms with Crippen molar-refractivity contribution >= 4 is 5.91 Å². The van der Waals surface area contributed by atoms with Gasteiger partial charge in [-0.25, -0.2) is 0 Å². The molecule has 1 heterocycles. The van der Waals surface area contributed by atoms with Crippen LogP contribution in [0.3, 0.4) is 0 Å². The van der Waals surface area contributed by atoms with Crippen LogP contribution in [0.4, 0.5) is 0 Å². The van der Waals surface area contributed by atoms with Crippen LogP contribution < -0.4 is 0 Å². The Bertz CT molecular complexity index is 118. The third-order valence-corrected chi connectivity index (χ3v) is 1.55. The van der Waals surface area contributed by atoms with Crippen molar-refractivity contribution in [3.8, 4) is 0 Å². The molecule has 1 fully saturated rings. The van der Waals surface area contributed by atoms with Gasteiger partial charge in [0.25, 0.3) is 0 Å². The summed E-state index contributed by atoms with van der Waals surface area (Å²) in [5, 5.41) is 8.37. The number of carbonyl (C=O) groups excluding carboxylic acids is 1. The molecule has 0 unspecified atom stereocenters. The molecule has 0 saturated carbocycles. The largest absolute Gasteiger partial charge is 0.387 e. The Morgan fingerprint density at radius 1 is 1.78 bits per heavy atom. The molecule has 1 aliphatic heterocycles. The van der Waals surface area contributed by atoms with Crippen LogP contribution in [0.1, 0.15) is 6.92 Å². The summed E-state index contributed by atoms with van der Waals surface area (Å²) in [4.78, 5) is 12.3. The molecule has 0 aromatic rings. The number of rotatable bonds is 1. The average Bonchev–Trinajstić information content (AvgIpc) is 1.79. The number of hydrogen-bond donors (Lipinski definition) is 1. The maximum atomic E-state index is 10.6. The van der Waals surface area contributed by atoms with Gasteiger partial charge in [-0.1, -0.05) is 6.92 Å². The molecule has 1 saturated heterocycles. The Morgan fingerprint density at radius 3 is 2.67 bits per heavy atom. The van der Waals surface area contributed by atoms with E-state index in [9.17, 15) is 4.79 Å². The summed E-state index contributed by atoms with van der Waals surface area (Å²) in [5.41, 5.74) is 0. The minimum absolute atomic E-state index is 0.145. The van der Waals surface area contributed by atoms with E-state index in [1.807, 2.05) is 0 Å². The van der Waals surface area contributed by atoms with Crippen LogP contribution in [-0.2, 0) is 4.79 Å². The lowest BCUT2D eigenvalue weighted by molar-refractivity contribution is -0.140. The van der Waals surface area contributed by atoms with E-state index in [1.54, 1.807) is 4.90 Å². The number of nitrogens with zero attached hydrogens (tertiary/aromatic N) is 1. The molecule has 1 amide bonds. The van der Waals surface area contributed by atoms with Crippen molar-refractivity contribution in [3.05, 3.63) is 0 Å². The monoisotopic (exact) mass is 129 g/mol. The maximum Gasteiger partial charge on any atom is 0.248 e. The van der Waals surface area contributed by atoms with E-state index < -0.39 is 0 Å². The molecule has 1 aliphatic rings. The van der Waals surface area contributed by atoms with Crippen LogP contribution in [0.15, 0.2) is 0 Å². The number of aliphatic hydroxyl groups excluding tert-OH is 1. The van der Waals surface area contributed by atoms with Crippen molar-refractivity contribution in [1.82, 2.24) is 4.90 Å². The number of aliphatic hydroxyl groups is 1. The zero-order valence-electron chi connectivity index (χ0n) is 5.50. The van der Waals surface area contributed by atoms with Crippen LogP contribution in [0.25, 0.3) is 0 Å². The predicted molar refractivity (Wildman–Crippen MR) is 32.8 cm³/mol. The molecule has 0 atom stereocenters. The summed E-state index contributed by atoms with van der Waals surface area (Å²) < 4.78 is 0. The van der Waals surface area contributed by atoms with Gasteiger partial charge in [0.1, 0.15) is 6.61 Å². The van der Waals surface area contributed by atoms with Crippen molar-refractivity contribution in [2.45, 2.75) is 6.92 Å². The van der Waals surface area contributed by atoms with Crippen LogP contribution in [0.5, 0.6) is 0 Å². The van der Waals surface area contributed by atoms with E-state index in [1.165, 1.54) is 0 Å². The van der Waals surface area contributed by atoms with E-state index in [2.05, 4.69) is 6.92 Å². The number of hydrogen-bond acceptors (Lipinski definition) is 2. The molecular formula is C6H11NO2. The summed E-state index contributed by atoms with van der Waals surface area (Å²) >= 11 is 0. The highest BCUT2D eigenvalue weighted by Crippen LogP contribution is 2.13. The predicted octanol–water partition coefficient (Wildman–Crippen LogP) is -0.543. The van der Waals surface area contributed by atoms with E-state index in [4.69, 9.17) is 5.11 Å². The van der Waals surface area contributed by atoms with Crippen LogP contribution in [0.2, 0.25) is 0 Å². The molecule has 9 heavy (non-hydrogen) atoms. The van der Waals surface area contributed by atoms with Gasteiger partial charge >= 0.3 is 0 Å². The summed E-state index contributed by atoms with van der Waals surface area (Å²) in [6.45, 7) is 3.38. The van der Waals surface area contributed by atoms with Crippen LogP contribution >= 0.6 is 0 Å². The van der Waals surface area contributed by atoms with Gasteiger partial charge in [-0.05, 0) is 5.92 Å². The number of likely N-dealkylation sites (tertiary alicyclic amines) is 1. The average molecular weight is 129 g/mol. The second-order valence-corrected chi connectivity index (χ2v) is 2.56. The Hall–Kier alpha value is -0.570. The fraction of sp³-hybridized carbons (Fsp3) is 0.833. The zero-order chi connectivity index (χ0) is 6.85. The molecule has 0 spiro atoms. The molecule has 1 rings (SSSR count). The molecule has 52 valence electrons. The SMILES string of the molecule is CC1CN(C(=O)CO)C1. The van der Waals surface area contributed by atoms with Crippen molar-refractivity contribution in [2.75, 3.05) is 19.7 Å². The van der Waals surface area contributed by atoms with Gasteiger partial charge in [0.15, 0.2) is 0 Å².